The van der Waals surface area contributed by atoms with Crippen molar-refractivity contribution in [3.8, 4) is 11.5 Å². The van der Waals surface area contributed by atoms with Crippen molar-refractivity contribution < 1.29 is 9.47 Å². The SMILES string of the molecule is c1cc2c(cc1CCNCc1ccc3c(c1)OCO3)CCCN2. The van der Waals surface area contributed by atoms with E-state index in [2.05, 4.69) is 41.0 Å². The van der Waals surface area contributed by atoms with Gasteiger partial charge in [0, 0.05) is 18.8 Å². The molecule has 2 N–H and O–H groups in total. The van der Waals surface area contributed by atoms with Gasteiger partial charge in [0.1, 0.15) is 0 Å². The molecule has 0 bridgehead atoms. The highest BCUT2D eigenvalue weighted by molar-refractivity contribution is 5.54. The minimum atomic E-state index is 0.333. The number of hydrogen-bond acceptors (Lipinski definition) is 4. The quantitative estimate of drug-likeness (QED) is 0.833. The number of anilines is 1. The Morgan fingerprint density at radius 2 is 1.91 bits per heavy atom. The van der Waals surface area contributed by atoms with Crippen LogP contribution in [0.2, 0.25) is 0 Å². The molecule has 0 atom stereocenters. The van der Waals surface area contributed by atoms with Crippen LogP contribution in [0, 0.1) is 0 Å². The van der Waals surface area contributed by atoms with Crippen LogP contribution in [-0.2, 0) is 19.4 Å². The van der Waals surface area contributed by atoms with E-state index in [0.29, 0.717) is 6.79 Å². The molecular formula is C19H22N2O2. The van der Waals surface area contributed by atoms with Crippen molar-refractivity contribution >= 4 is 5.69 Å². The largest absolute Gasteiger partial charge is 0.454 e. The molecule has 2 aromatic rings. The van der Waals surface area contributed by atoms with Gasteiger partial charge in [-0.3, -0.25) is 0 Å². The number of rotatable bonds is 5. The Balaban J connectivity index is 1.29. The molecule has 120 valence electrons. The summed E-state index contributed by atoms with van der Waals surface area (Å²) in [6, 6.07) is 12.9. The zero-order chi connectivity index (χ0) is 15.5. The standard InChI is InChI=1S/C19H22N2O2/c1-2-16-10-14(3-5-17(16)21-8-1)7-9-20-12-15-4-6-18-19(11-15)23-13-22-18/h3-6,10-11,20-21H,1-2,7-9,12-13H2. The molecule has 0 fully saturated rings. The van der Waals surface area contributed by atoms with Crippen LogP contribution in [0.15, 0.2) is 36.4 Å². The smallest absolute Gasteiger partial charge is 0.231 e. The van der Waals surface area contributed by atoms with Gasteiger partial charge in [-0.2, -0.15) is 0 Å². The Morgan fingerprint density at radius 1 is 1.00 bits per heavy atom. The van der Waals surface area contributed by atoms with Crippen molar-refractivity contribution in [1.82, 2.24) is 5.32 Å². The molecule has 2 aliphatic heterocycles. The van der Waals surface area contributed by atoms with Gasteiger partial charge in [-0.1, -0.05) is 18.2 Å². The second-order valence-corrected chi connectivity index (χ2v) is 6.14. The van der Waals surface area contributed by atoms with Crippen molar-refractivity contribution in [3.63, 3.8) is 0 Å². The first-order valence-corrected chi connectivity index (χ1v) is 8.33. The lowest BCUT2D eigenvalue weighted by molar-refractivity contribution is 0.174. The molecule has 0 radical (unpaired) electrons. The fourth-order valence-electron chi connectivity index (χ4n) is 3.20. The summed E-state index contributed by atoms with van der Waals surface area (Å²) in [6.45, 7) is 3.26. The summed E-state index contributed by atoms with van der Waals surface area (Å²) in [5, 5.41) is 6.97. The fraction of sp³-hybridized carbons (Fsp3) is 0.368. The number of hydrogen-bond donors (Lipinski definition) is 2. The molecule has 23 heavy (non-hydrogen) atoms. The second kappa shape index (κ2) is 6.50. The number of aryl methyl sites for hydroxylation is 1. The van der Waals surface area contributed by atoms with Crippen LogP contribution >= 0.6 is 0 Å². The van der Waals surface area contributed by atoms with Gasteiger partial charge in [0.2, 0.25) is 6.79 Å². The fourth-order valence-corrected chi connectivity index (χ4v) is 3.20. The van der Waals surface area contributed by atoms with Gasteiger partial charge in [-0.05, 0) is 60.7 Å². The summed E-state index contributed by atoms with van der Waals surface area (Å²) < 4.78 is 10.7. The summed E-state index contributed by atoms with van der Waals surface area (Å²) in [5.74, 6) is 1.70. The van der Waals surface area contributed by atoms with Gasteiger partial charge in [0.05, 0.1) is 0 Å². The third-order valence-corrected chi connectivity index (χ3v) is 4.46. The first kappa shape index (κ1) is 14.4. The number of benzene rings is 2. The molecule has 0 amide bonds. The van der Waals surface area contributed by atoms with Crippen LogP contribution in [-0.4, -0.2) is 19.9 Å². The Labute approximate surface area is 136 Å². The van der Waals surface area contributed by atoms with Crippen molar-refractivity contribution in [2.45, 2.75) is 25.8 Å². The van der Waals surface area contributed by atoms with E-state index in [0.717, 1.165) is 37.6 Å². The van der Waals surface area contributed by atoms with Gasteiger partial charge in [0.15, 0.2) is 11.5 Å². The van der Waals surface area contributed by atoms with Crippen LogP contribution in [0.5, 0.6) is 11.5 Å². The lowest BCUT2D eigenvalue weighted by Gasteiger charge is -2.18. The van der Waals surface area contributed by atoms with E-state index in [1.54, 1.807) is 0 Å². The van der Waals surface area contributed by atoms with Crippen LogP contribution in [0.4, 0.5) is 5.69 Å². The molecule has 4 nitrogen and oxygen atoms in total. The van der Waals surface area contributed by atoms with Crippen molar-refractivity contribution in [1.29, 1.82) is 0 Å². The lowest BCUT2D eigenvalue weighted by atomic mass is 9.99. The van der Waals surface area contributed by atoms with E-state index in [1.807, 2.05) is 6.07 Å². The Kier molecular flexibility index (Phi) is 4.07. The zero-order valence-corrected chi connectivity index (χ0v) is 13.2. The Hall–Kier alpha value is -2.20. The van der Waals surface area contributed by atoms with Crippen molar-refractivity contribution in [2.24, 2.45) is 0 Å². The molecule has 0 aliphatic carbocycles. The highest BCUT2D eigenvalue weighted by Crippen LogP contribution is 2.32. The Bertz CT molecular complexity index is 700. The molecule has 0 spiro atoms. The minimum absolute atomic E-state index is 0.333. The van der Waals surface area contributed by atoms with Gasteiger partial charge < -0.3 is 20.1 Å². The molecule has 0 saturated heterocycles. The number of nitrogens with one attached hydrogen (secondary N) is 2. The molecule has 2 aliphatic rings. The summed E-state index contributed by atoms with van der Waals surface area (Å²) >= 11 is 0. The molecule has 0 aromatic heterocycles. The number of fused-ring (bicyclic) bond motifs is 2. The van der Waals surface area contributed by atoms with Gasteiger partial charge in [-0.25, -0.2) is 0 Å². The highest BCUT2D eigenvalue weighted by atomic mass is 16.7. The van der Waals surface area contributed by atoms with E-state index >= 15 is 0 Å². The summed E-state index contributed by atoms with van der Waals surface area (Å²) in [7, 11) is 0. The van der Waals surface area contributed by atoms with Crippen molar-refractivity contribution in [3.05, 3.63) is 53.1 Å². The van der Waals surface area contributed by atoms with Crippen LogP contribution < -0.4 is 20.1 Å². The first-order valence-electron chi connectivity index (χ1n) is 8.33. The molecule has 4 rings (SSSR count). The zero-order valence-electron chi connectivity index (χ0n) is 13.2. The van der Waals surface area contributed by atoms with E-state index in [4.69, 9.17) is 9.47 Å². The summed E-state index contributed by atoms with van der Waals surface area (Å²) in [6.07, 6.45) is 3.48. The average Bonchev–Trinajstić information content (AvgIpc) is 3.06. The van der Waals surface area contributed by atoms with Gasteiger partial charge >= 0.3 is 0 Å². The van der Waals surface area contributed by atoms with Gasteiger partial charge in [-0.15, -0.1) is 0 Å². The molecule has 2 heterocycles. The maximum atomic E-state index is 5.41. The van der Waals surface area contributed by atoms with E-state index in [-0.39, 0.29) is 0 Å². The lowest BCUT2D eigenvalue weighted by Crippen LogP contribution is -2.17. The third kappa shape index (κ3) is 3.27. The molecular weight excluding hydrogens is 288 g/mol. The summed E-state index contributed by atoms with van der Waals surface area (Å²) in [4.78, 5) is 0. The minimum Gasteiger partial charge on any atom is -0.454 e. The van der Waals surface area contributed by atoms with E-state index < -0.39 is 0 Å². The molecule has 0 unspecified atom stereocenters. The summed E-state index contributed by atoms with van der Waals surface area (Å²) in [5.41, 5.74) is 5.41. The van der Waals surface area contributed by atoms with Gasteiger partial charge in [0.25, 0.3) is 0 Å². The molecule has 2 aromatic carbocycles. The number of ether oxygens (including phenoxy) is 2. The normalized spacial score (nSPS) is 15.1. The van der Waals surface area contributed by atoms with Crippen molar-refractivity contribution in [2.75, 3.05) is 25.2 Å². The predicted molar refractivity (Wildman–Crippen MR) is 91.2 cm³/mol. The van der Waals surface area contributed by atoms with Crippen LogP contribution in [0.3, 0.4) is 0 Å². The van der Waals surface area contributed by atoms with E-state index in [1.165, 1.54) is 35.2 Å². The molecule has 0 saturated carbocycles. The molecule has 4 heteroatoms. The van der Waals surface area contributed by atoms with E-state index in [9.17, 15) is 0 Å². The van der Waals surface area contributed by atoms with Crippen LogP contribution in [0.1, 0.15) is 23.1 Å². The monoisotopic (exact) mass is 310 g/mol. The van der Waals surface area contributed by atoms with Crippen LogP contribution in [0.25, 0.3) is 0 Å². The second-order valence-electron chi connectivity index (χ2n) is 6.14. The Morgan fingerprint density at radius 3 is 2.91 bits per heavy atom. The highest BCUT2D eigenvalue weighted by Gasteiger charge is 2.13. The third-order valence-electron chi connectivity index (χ3n) is 4.46. The maximum Gasteiger partial charge on any atom is 0.231 e. The average molecular weight is 310 g/mol. The maximum absolute atomic E-state index is 5.41. The predicted octanol–water partition coefficient (Wildman–Crippen LogP) is 3.11. The first-order chi connectivity index (χ1) is 11.4. The topological polar surface area (TPSA) is 42.5 Å².